The van der Waals surface area contributed by atoms with Crippen LogP contribution in [-0.4, -0.2) is 4.98 Å². The molecule has 7 unspecified atom stereocenters. The first-order valence-corrected chi connectivity index (χ1v) is 19.9. The quantitative estimate of drug-likeness (QED) is 0.311. The summed E-state index contributed by atoms with van der Waals surface area (Å²) in [5.74, 6) is 8.37. The van der Waals surface area contributed by atoms with Gasteiger partial charge in [-0.2, -0.15) is 0 Å². The molecule has 1 aromatic heterocycles. The molecule has 1 heterocycles. The van der Waals surface area contributed by atoms with E-state index < -0.39 is 0 Å². The minimum atomic E-state index is 0.835. The molecule has 1 nitrogen and oxygen atoms in total. The number of hydrogen-bond acceptors (Lipinski definition) is 0. The molecule has 242 valence electrons. The van der Waals surface area contributed by atoms with Gasteiger partial charge < -0.3 is 4.98 Å². The zero-order chi connectivity index (χ0) is 30.0. The van der Waals surface area contributed by atoms with Gasteiger partial charge in [0.15, 0.2) is 0 Å². The Bertz CT molecular complexity index is 1290. The fraction of sp³-hybridized carbons (Fsp3) is 0.682. The average molecular weight is 604 g/mol. The number of aromatic nitrogens is 1. The van der Waals surface area contributed by atoms with Gasteiger partial charge in [0.05, 0.1) is 0 Å². The minimum absolute atomic E-state index is 0.835. The van der Waals surface area contributed by atoms with Gasteiger partial charge in [0.2, 0.25) is 0 Å². The maximum atomic E-state index is 3.23. The van der Waals surface area contributed by atoms with Crippen molar-refractivity contribution in [1.82, 2.24) is 4.98 Å². The predicted molar refractivity (Wildman–Crippen MR) is 191 cm³/mol. The van der Waals surface area contributed by atoms with Gasteiger partial charge in [-0.25, -0.2) is 0 Å². The Morgan fingerprint density at radius 2 is 1.44 bits per heavy atom. The van der Waals surface area contributed by atoms with Crippen molar-refractivity contribution in [1.29, 1.82) is 0 Å². The van der Waals surface area contributed by atoms with Gasteiger partial charge in [-0.3, -0.25) is 0 Å². The van der Waals surface area contributed by atoms with Gasteiger partial charge in [-0.15, -0.1) is 0 Å². The lowest BCUT2D eigenvalue weighted by atomic mass is 9.55. The maximum Gasteiger partial charge on any atom is 0.00808 e. The van der Waals surface area contributed by atoms with Gasteiger partial charge in [0.25, 0.3) is 0 Å². The Balaban J connectivity index is 0.971. The smallest absolute Gasteiger partial charge is 0.00808 e. The van der Waals surface area contributed by atoms with Crippen LogP contribution in [0.3, 0.4) is 0 Å². The molecule has 0 amide bonds. The van der Waals surface area contributed by atoms with Crippen molar-refractivity contribution in [2.24, 2.45) is 53.3 Å². The van der Waals surface area contributed by atoms with Gasteiger partial charge in [-0.05, 0) is 165 Å². The highest BCUT2D eigenvalue weighted by atomic mass is 14.6. The third-order valence-corrected chi connectivity index (χ3v) is 14.5. The van der Waals surface area contributed by atoms with E-state index in [0.717, 1.165) is 53.3 Å². The Morgan fingerprint density at radius 3 is 2.18 bits per heavy atom. The van der Waals surface area contributed by atoms with Crippen LogP contribution >= 0.6 is 0 Å². The van der Waals surface area contributed by atoms with Crippen LogP contribution in [0, 0.1) is 53.3 Å². The van der Waals surface area contributed by atoms with E-state index in [-0.39, 0.29) is 0 Å². The van der Waals surface area contributed by atoms with Crippen LogP contribution in [0.5, 0.6) is 0 Å². The number of rotatable bonds is 6. The van der Waals surface area contributed by atoms with Crippen molar-refractivity contribution in [2.45, 2.75) is 135 Å². The normalized spacial score (nSPS) is 36.8. The molecule has 0 aliphatic heterocycles. The second-order valence-electron chi connectivity index (χ2n) is 16.7. The molecule has 1 N–H and O–H groups in total. The van der Waals surface area contributed by atoms with Gasteiger partial charge in [-0.1, -0.05) is 93.4 Å². The average Bonchev–Trinajstić information content (AvgIpc) is 3.67. The Kier molecular flexibility index (Phi) is 9.43. The van der Waals surface area contributed by atoms with Gasteiger partial charge >= 0.3 is 0 Å². The molecule has 0 saturated heterocycles. The molecular formula is C44H61N. The SMILES string of the molecule is C1=CC2C(C3CC=C(C4=CC=C(c5cc[nH]c5)CC4)CC3)CCC(C3=CC(C4CCCCC4)CC(C4CCCCC4)C3)C2CC1. The van der Waals surface area contributed by atoms with Crippen molar-refractivity contribution in [3.63, 3.8) is 0 Å². The maximum absolute atomic E-state index is 3.23. The summed E-state index contributed by atoms with van der Waals surface area (Å²) in [5.41, 5.74) is 8.14. The van der Waals surface area contributed by atoms with E-state index in [9.17, 15) is 0 Å². The number of nitrogens with one attached hydrogen (secondary N) is 1. The summed E-state index contributed by atoms with van der Waals surface area (Å²) in [5, 5.41) is 0. The van der Waals surface area contributed by atoms with Crippen molar-refractivity contribution < 1.29 is 0 Å². The summed E-state index contributed by atoms with van der Waals surface area (Å²) in [4.78, 5) is 3.23. The second kappa shape index (κ2) is 14.0. The van der Waals surface area contributed by atoms with Crippen LogP contribution in [0.15, 0.2) is 71.6 Å². The van der Waals surface area contributed by atoms with E-state index in [1.54, 1.807) is 17.6 Å². The number of aromatic amines is 1. The van der Waals surface area contributed by atoms with Crippen LogP contribution in [0.25, 0.3) is 5.57 Å². The van der Waals surface area contributed by atoms with Crippen LogP contribution < -0.4 is 0 Å². The van der Waals surface area contributed by atoms with Crippen LogP contribution in [0.2, 0.25) is 0 Å². The number of hydrogen-bond donors (Lipinski definition) is 1. The summed E-state index contributed by atoms with van der Waals surface area (Å²) in [6.07, 6.45) is 50.4. The standard InChI is InChI=1S/C44H61N/c1-3-9-31(10-4-1)38-27-39(32-11-5-2-6-12-32)29-40(28-38)42-24-23-41(43-13-7-8-14-44(42)43)36-21-19-34(20-22-36)33-15-17-35(18-16-33)37-25-26-45-30-37/h7,13,15,17,19,25-26,28,30-32,36,38-39,41-45H,1-6,8-12,14,16,18,20-24,27,29H2. The molecule has 3 saturated carbocycles. The summed E-state index contributed by atoms with van der Waals surface area (Å²) in [7, 11) is 0. The molecule has 8 rings (SSSR count). The third kappa shape index (κ3) is 6.58. The highest BCUT2D eigenvalue weighted by Crippen LogP contribution is 2.55. The summed E-state index contributed by atoms with van der Waals surface area (Å²) >= 11 is 0. The minimum Gasteiger partial charge on any atom is -0.367 e. The molecule has 3 fully saturated rings. The highest BCUT2D eigenvalue weighted by molar-refractivity contribution is 5.69. The first-order chi connectivity index (χ1) is 22.3. The predicted octanol–water partition coefficient (Wildman–Crippen LogP) is 12.6. The monoisotopic (exact) mass is 603 g/mol. The zero-order valence-electron chi connectivity index (χ0n) is 28.2. The Hall–Kier alpha value is -2.02. The van der Waals surface area contributed by atoms with Crippen LogP contribution in [0.1, 0.15) is 140 Å². The Morgan fingerprint density at radius 1 is 0.644 bits per heavy atom. The number of fused-ring (bicyclic) bond motifs is 1. The fourth-order valence-electron chi connectivity index (χ4n) is 12.1. The lowest BCUT2D eigenvalue weighted by molar-refractivity contribution is 0.0737. The van der Waals surface area contributed by atoms with Crippen molar-refractivity contribution >= 4 is 5.57 Å². The Labute approximate surface area is 275 Å². The van der Waals surface area contributed by atoms with E-state index in [1.807, 2.05) is 11.8 Å². The number of allylic oxidation sites excluding steroid dienone is 10. The molecular weight excluding hydrogens is 542 g/mol. The summed E-state index contributed by atoms with van der Waals surface area (Å²) in [6.45, 7) is 0. The van der Waals surface area contributed by atoms with E-state index in [0.29, 0.717) is 0 Å². The van der Waals surface area contributed by atoms with Gasteiger partial charge in [0.1, 0.15) is 0 Å². The van der Waals surface area contributed by atoms with Crippen LogP contribution in [0.4, 0.5) is 0 Å². The molecule has 0 bridgehead atoms. The molecule has 0 aromatic carbocycles. The molecule has 1 aromatic rings. The first-order valence-electron chi connectivity index (χ1n) is 19.9. The van der Waals surface area contributed by atoms with Crippen molar-refractivity contribution in [3.05, 3.63) is 77.2 Å². The zero-order valence-corrected chi connectivity index (χ0v) is 28.2. The molecule has 7 aliphatic rings. The molecule has 7 atom stereocenters. The molecule has 7 aliphatic carbocycles. The fourth-order valence-corrected chi connectivity index (χ4v) is 12.1. The van der Waals surface area contributed by atoms with E-state index >= 15 is 0 Å². The molecule has 0 spiro atoms. The van der Waals surface area contributed by atoms with Crippen molar-refractivity contribution in [3.8, 4) is 0 Å². The van der Waals surface area contributed by atoms with Gasteiger partial charge in [0, 0.05) is 12.4 Å². The molecule has 1 heteroatoms. The lowest BCUT2D eigenvalue weighted by Crippen LogP contribution is -2.41. The van der Waals surface area contributed by atoms with E-state index in [2.05, 4.69) is 53.7 Å². The first kappa shape index (κ1) is 30.3. The number of H-pyrrole nitrogens is 1. The lowest BCUT2D eigenvalue weighted by Gasteiger charge is -2.50. The van der Waals surface area contributed by atoms with Crippen molar-refractivity contribution in [2.75, 3.05) is 0 Å². The summed E-state index contributed by atoms with van der Waals surface area (Å²) < 4.78 is 0. The largest absolute Gasteiger partial charge is 0.367 e. The molecule has 45 heavy (non-hydrogen) atoms. The van der Waals surface area contributed by atoms with Crippen LogP contribution in [-0.2, 0) is 0 Å². The second-order valence-corrected chi connectivity index (χ2v) is 16.7. The van der Waals surface area contributed by atoms with E-state index in [1.165, 1.54) is 140 Å². The highest BCUT2D eigenvalue weighted by Gasteiger charge is 2.45. The summed E-state index contributed by atoms with van der Waals surface area (Å²) in [6, 6.07) is 2.21. The topological polar surface area (TPSA) is 15.8 Å². The third-order valence-electron chi connectivity index (χ3n) is 14.5. The molecule has 0 radical (unpaired) electrons. The van der Waals surface area contributed by atoms with E-state index in [4.69, 9.17) is 0 Å².